The van der Waals surface area contributed by atoms with Crippen molar-refractivity contribution in [3.63, 3.8) is 0 Å². The molecule has 0 amide bonds. The number of H-pyrrole nitrogens is 1. The van der Waals surface area contributed by atoms with Crippen LogP contribution in [0.1, 0.15) is 37.7 Å². The van der Waals surface area contributed by atoms with E-state index in [4.69, 9.17) is 16.0 Å². The third-order valence-corrected chi connectivity index (χ3v) is 5.44. The number of allylic oxidation sites excluding steroid dienone is 1. The molecule has 0 aliphatic carbocycles. The van der Waals surface area contributed by atoms with Crippen LogP contribution in [0.15, 0.2) is 75.5 Å². The van der Waals surface area contributed by atoms with Crippen LogP contribution >= 0.6 is 0 Å². The average molecular weight is 419 g/mol. The molecule has 31 heavy (non-hydrogen) atoms. The summed E-state index contributed by atoms with van der Waals surface area (Å²) in [5.41, 5.74) is 13.8. The van der Waals surface area contributed by atoms with Crippen molar-refractivity contribution in [2.24, 2.45) is 22.4 Å². The molecule has 0 bridgehead atoms. The van der Waals surface area contributed by atoms with Gasteiger partial charge in [-0.3, -0.25) is 4.79 Å². The van der Waals surface area contributed by atoms with Crippen molar-refractivity contribution in [1.29, 1.82) is 0 Å². The number of aliphatic imine (C=N–C) groups is 1. The highest BCUT2D eigenvalue weighted by atomic mass is 16.5. The van der Waals surface area contributed by atoms with Crippen LogP contribution in [-0.2, 0) is 5.41 Å². The van der Waals surface area contributed by atoms with E-state index in [0.717, 1.165) is 16.7 Å². The van der Waals surface area contributed by atoms with Gasteiger partial charge in [-0.1, -0.05) is 49.8 Å². The number of nitrogens with two attached hydrogens (primary N) is 2. The molecule has 3 aromatic rings. The number of aromatic amines is 1. The average Bonchev–Trinajstić information content (AvgIpc) is 3.25. The normalized spacial score (nSPS) is 14.1. The maximum atomic E-state index is 11.3. The summed E-state index contributed by atoms with van der Waals surface area (Å²) >= 11 is 0. The molecule has 0 spiro atoms. The molecular weight excluding hydrogens is 392 g/mol. The molecule has 2 aromatic heterocycles. The van der Waals surface area contributed by atoms with E-state index in [-0.39, 0.29) is 17.3 Å². The molecule has 8 heteroatoms. The zero-order valence-electron chi connectivity index (χ0n) is 17.8. The van der Waals surface area contributed by atoms with E-state index in [2.05, 4.69) is 47.5 Å². The monoisotopic (exact) mass is 418 g/mol. The Labute approximate surface area is 180 Å². The first-order valence-electron chi connectivity index (χ1n) is 9.80. The van der Waals surface area contributed by atoms with E-state index in [1.807, 2.05) is 24.3 Å². The SMILES string of the molecule is C=C(N)N=C/C(=C\N)c1ccc(C(C)(c2noc(-c3ccc(=O)[nH]c3)n2)C(C)C)cc1. The predicted molar refractivity (Wildman–Crippen MR) is 122 cm³/mol. The summed E-state index contributed by atoms with van der Waals surface area (Å²) in [7, 11) is 0. The van der Waals surface area contributed by atoms with E-state index in [0.29, 0.717) is 17.3 Å². The van der Waals surface area contributed by atoms with Crippen molar-refractivity contribution in [3.05, 3.63) is 88.5 Å². The fraction of sp³-hybridized carbons (Fsp3) is 0.217. The fourth-order valence-corrected chi connectivity index (χ4v) is 3.19. The predicted octanol–water partition coefficient (Wildman–Crippen LogP) is 3.19. The number of nitrogens with zero attached hydrogens (tertiary/aromatic N) is 3. The standard InChI is InChI=1S/C23H26N6O2/c1-14(2)23(4,22-28-21(31-29-22)17-7-10-20(30)27-12-17)19-8-5-16(6-9-19)18(11-24)13-26-15(3)25/h5-14H,3,24-25H2,1-2,4H3,(H,27,30)/b18-11+,26-13?. The van der Waals surface area contributed by atoms with Crippen LogP contribution in [0.3, 0.4) is 0 Å². The van der Waals surface area contributed by atoms with Crippen molar-refractivity contribution < 1.29 is 4.52 Å². The second-order valence-electron chi connectivity index (χ2n) is 7.67. The lowest BCUT2D eigenvalue weighted by molar-refractivity contribution is 0.350. The van der Waals surface area contributed by atoms with Crippen LogP contribution in [0.2, 0.25) is 0 Å². The number of hydrogen-bond acceptors (Lipinski definition) is 7. The number of rotatable bonds is 7. The van der Waals surface area contributed by atoms with Gasteiger partial charge in [0, 0.05) is 30.3 Å². The van der Waals surface area contributed by atoms with Gasteiger partial charge in [-0.15, -0.1) is 0 Å². The Morgan fingerprint density at radius 1 is 1.26 bits per heavy atom. The first-order valence-corrected chi connectivity index (χ1v) is 9.80. The fourth-order valence-electron chi connectivity index (χ4n) is 3.19. The molecule has 0 saturated carbocycles. The Bertz CT molecular complexity index is 1170. The zero-order valence-corrected chi connectivity index (χ0v) is 17.8. The third kappa shape index (κ3) is 4.48. The molecule has 0 saturated heterocycles. The van der Waals surface area contributed by atoms with Crippen LogP contribution in [0.25, 0.3) is 17.0 Å². The van der Waals surface area contributed by atoms with Crippen LogP contribution in [0, 0.1) is 5.92 Å². The Morgan fingerprint density at radius 3 is 2.52 bits per heavy atom. The van der Waals surface area contributed by atoms with Crippen molar-refractivity contribution in [2.45, 2.75) is 26.2 Å². The summed E-state index contributed by atoms with van der Waals surface area (Å²) in [5, 5.41) is 4.25. The minimum atomic E-state index is -0.505. The van der Waals surface area contributed by atoms with E-state index in [1.54, 1.807) is 18.5 Å². The van der Waals surface area contributed by atoms with Gasteiger partial charge in [-0.2, -0.15) is 4.98 Å². The molecule has 0 radical (unpaired) electrons. The topological polar surface area (TPSA) is 136 Å². The Balaban J connectivity index is 1.97. The van der Waals surface area contributed by atoms with Gasteiger partial charge < -0.3 is 21.0 Å². The van der Waals surface area contributed by atoms with Gasteiger partial charge in [0.15, 0.2) is 5.82 Å². The molecule has 1 atom stereocenters. The summed E-state index contributed by atoms with van der Waals surface area (Å²) < 4.78 is 5.50. The Hall–Kier alpha value is -3.94. The summed E-state index contributed by atoms with van der Waals surface area (Å²) in [6.45, 7) is 9.84. The number of pyridine rings is 1. The van der Waals surface area contributed by atoms with Gasteiger partial charge in [-0.05, 0) is 30.0 Å². The van der Waals surface area contributed by atoms with Crippen molar-refractivity contribution in [1.82, 2.24) is 15.1 Å². The molecule has 2 heterocycles. The maximum absolute atomic E-state index is 11.3. The second kappa shape index (κ2) is 8.83. The Morgan fingerprint density at radius 2 is 1.97 bits per heavy atom. The third-order valence-electron chi connectivity index (χ3n) is 5.44. The largest absolute Gasteiger partial charge is 0.404 e. The number of nitrogens with one attached hydrogen (secondary N) is 1. The lowest BCUT2D eigenvalue weighted by atomic mass is 9.72. The quantitative estimate of drug-likeness (QED) is 0.504. The summed E-state index contributed by atoms with van der Waals surface area (Å²) in [4.78, 5) is 22.6. The lowest BCUT2D eigenvalue weighted by Gasteiger charge is -2.31. The summed E-state index contributed by atoms with van der Waals surface area (Å²) in [6, 6.07) is 11.0. The van der Waals surface area contributed by atoms with Gasteiger partial charge in [0.05, 0.1) is 11.0 Å². The van der Waals surface area contributed by atoms with E-state index in [1.165, 1.54) is 12.3 Å². The van der Waals surface area contributed by atoms with Gasteiger partial charge >= 0.3 is 0 Å². The summed E-state index contributed by atoms with van der Waals surface area (Å²) in [6.07, 6.45) is 4.60. The molecule has 3 rings (SSSR count). The minimum absolute atomic E-state index is 0.172. The molecule has 0 fully saturated rings. The van der Waals surface area contributed by atoms with E-state index >= 15 is 0 Å². The maximum Gasteiger partial charge on any atom is 0.259 e. The van der Waals surface area contributed by atoms with Crippen LogP contribution < -0.4 is 17.0 Å². The molecule has 0 aliphatic rings. The van der Waals surface area contributed by atoms with Crippen LogP contribution in [0.4, 0.5) is 0 Å². The minimum Gasteiger partial charge on any atom is -0.404 e. The first-order chi connectivity index (χ1) is 14.8. The van der Waals surface area contributed by atoms with Crippen LogP contribution in [-0.4, -0.2) is 21.3 Å². The lowest BCUT2D eigenvalue weighted by Crippen LogP contribution is -2.31. The second-order valence-corrected chi connectivity index (χ2v) is 7.67. The van der Waals surface area contributed by atoms with E-state index < -0.39 is 5.41 Å². The smallest absolute Gasteiger partial charge is 0.259 e. The number of aromatic nitrogens is 3. The molecule has 160 valence electrons. The molecule has 1 aromatic carbocycles. The first kappa shape index (κ1) is 21.8. The molecular formula is C23H26N6O2. The highest BCUT2D eigenvalue weighted by Gasteiger charge is 2.37. The van der Waals surface area contributed by atoms with Crippen molar-refractivity contribution in [2.75, 3.05) is 0 Å². The summed E-state index contributed by atoms with van der Waals surface area (Å²) in [5.74, 6) is 1.29. The van der Waals surface area contributed by atoms with E-state index in [9.17, 15) is 4.79 Å². The van der Waals surface area contributed by atoms with Gasteiger partial charge in [0.25, 0.3) is 5.89 Å². The molecule has 5 N–H and O–H groups in total. The molecule has 1 unspecified atom stereocenters. The van der Waals surface area contributed by atoms with Gasteiger partial charge in [0.2, 0.25) is 5.56 Å². The molecule has 0 aliphatic heterocycles. The number of hydrogen-bond donors (Lipinski definition) is 3. The Kier molecular flexibility index (Phi) is 6.20. The number of benzene rings is 1. The van der Waals surface area contributed by atoms with Gasteiger partial charge in [-0.25, -0.2) is 4.99 Å². The van der Waals surface area contributed by atoms with Crippen LogP contribution in [0.5, 0.6) is 0 Å². The highest BCUT2D eigenvalue weighted by molar-refractivity contribution is 6.09. The highest BCUT2D eigenvalue weighted by Crippen LogP contribution is 2.38. The van der Waals surface area contributed by atoms with Crippen molar-refractivity contribution >= 4 is 11.8 Å². The van der Waals surface area contributed by atoms with Gasteiger partial charge in [0.1, 0.15) is 5.82 Å². The van der Waals surface area contributed by atoms with Crippen molar-refractivity contribution in [3.8, 4) is 11.5 Å². The zero-order chi connectivity index (χ0) is 22.6. The molecule has 8 nitrogen and oxygen atoms in total.